The van der Waals surface area contributed by atoms with Gasteiger partial charge < -0.3 is 19.3 Å². The van der Waals surface area contributed by atoms with E-state index in [4.69, 9.17) is 9.47 Å². The van der Waals surface area contributed by atoms with E-state index < -0.39 is 0 Å². The maximum absolute atomic E-state index is 13.1. The van der Waals surface area contributed by atoms with Crippen LogP contribution >= 0.6 is 0 Å². The predicted octanol–water partition coefficient (Wildman–Crippen LogP) is 2.09. The highest BCUT2D eigenvalue weighted by Gasteiger charge is 2.42. The second-order valence-electron chi connectivity index (χ2n) is 7.50. The molecule has 0 aliphatic carbocycles. The Morgan fingerprint density at radius 2 is 2.04 bits per heavy atom. The quantitative estimate of drug-likeness (QED) is 0.821. The standard InChI is InChI=1S/C19H27N3O3/c1-15-13-22(14-19(25-15)5-10-24-11-6-19)18(23)17-12-16(4-7-20-17)21-8-2-3-9-21/h4,7,12,15H,2-3,5-6,8-11,13-14H2,1H3. The van der Waals surface area contributed by atoms with Gasteiger partial charge in [0.15, 0.2) is 0 Å². The topological polar surface area (TPSA) is 54.9 Å². The van der Waals surface area contributed by atoms with E-state index in [0.717, 1.165) is 31.6 Å². The lowest BCUT2D eigenvalue weighted by Gasteiger charge is -2.47. The minimum atomic E-state index is -0.252. The van der Waals surface area contributed by atoms with Crippen molar-refractivity contribution in [2.75, 3.05) is 44.3 Å². The van der Waals surface area contributed by atoms with Crippen molar-refractivity contribution in [3.63, 3.8) is 0 Å². The molecule has 6 heteroatoms. The summed E-state index contributed by atoms with van der Waals surface area (Å²) in [5, 5.41) is 0. The first-order valence-corrected chi connectivity index (χ1v) is 9.41. The molecule has 3 fully saturated rings. The predicted molar refractivity (Wildman–Crippen MR) is 94.9 cm³/mol. The molecular weight excluding hydrogens is 318 g/mol. The van der Waals surface area contributed by atoms with Crippen molar-refractivity contribution in [3.05, 3.63) is 24.0 Å². The average molecular weight is 345 g/mol. The third-order valence-corrected chi connectivity index (χ3v) is 5.53. The van der Waals surface area contributed by atoms with E-state index >= 15 is 0 Å². The maximum Gasteiger partial charge on any atom is 0.272 e. The SMILES string of the molecule is CC1CN(C(=O)c2cc(N3CCCC3)ccn2)CC2(CCOCC2)O1. The molecule has 1 aromatic heterocycles. The number of morpholine rings is 1. The van der Waals surface area contributed by atoms with Crippen molar-refractivity contribution in [3.8, 4) is 0 Å². The molecular formula is C19H27N3O3. The zero-order chi connectivity index (χ0) is 17.3. The lowest BCUT2D eigenvalue weighted by atomic mass is 9.91. The lowest BCUT2D eigenvalue weighted by molar-refractivity contribution is -0.176. The van der Waals surface area contributed by atoms with Gasteiger partial charge in [-0.2, -0.15) is 0 Å². The van der Waals surface area contributed by atoms with Crippen molar-refractivity contribution in [2.24, 2.45) is 0 Å². The summed E-state index contributed by atoms with van der Waals surface area (Å²) >= 11 is 0. The van der Waals surface area contributed by atoms with E-state index in [9.17, 15) is 4.79 Å². The van der Waals surface area contributed by atoms with E-state index in [2.05, 4.69) is 9.88 Å². The van der Waals surface area contributed by atoms with Gasteiger partial charge in [-0.05, 0) is 31.9 Å². The van der Waals surface area contributed by atoms with Crippen LogP contribution in [-0.4, -0.2) is 66.9 Å². The van der Waals surface area contributed by atoms with Crippen LogP contribution in [0.5, 0.6) is 0 Å². The Kier molecular flexibility index (Phi) is 4.65. The van der Waals surface area contributed by atoms with Crippen molar-refractivity contribution in [1.29, 1.82) is 0 Å². The summed E-state index contributed by atoms with van der Waals surface area (Å²) in [6.45, 7) is 6.84. The number of anilines is 1. The fourth-order valence-corrected chi connectivity index (χ4v) is 4.27. The van der Waals surface area contributed by atoms with E-state index in [0.29, 0.717) is 32.0 Å². The number of nitrogens with zero attached hydrogens (tertiary/aromatic N) is 3. The first kappa shape index (κ1) is 16.8. The molecule has 25 heavy (non-hydrogen) atoms. The number of hydrogen-bond donors (Lipinski definition) is 0. The molecule has 1 amide bonds. The zero-order valence-corrected chi connectivity index (χ0v) is 14.9. The number of carbonyl (C=O) groups is 1. The van der Waals surface area contributed by atoms with Gasteiger partial charge in [0.05, 0.1) is 18.2 Å². The van der Waals surface area contributed by atoms with Gasteiger partial charge in [0, 0.05) is 57.6 Å². The fraction of sp³-hybridized carbons (Fsp3) is 0.684. The van der Waals surface area contributed by atoms with Crippen LogP contribution < -0.4 is 4.90 Å². The summed E-state index contributed by atoms with van der Waals surface area (Å²) in [6, 6.07) is 3.95. The van der Waals surface area contributed by atoms with Gasteiger partial charge in [-0.25, -0.2) is 0 Å². The minimum Gasteiger partial charge on any atom is -0.381 e. The molecule has 3 aliphatic rings. The third-order valence-electron chi connectivity index (χ3n) is 5.53. The Hall–Kier alpha value is -1.66. The molecule has 0 bridgehead atoms. The molecule has 0 aromatic carbocycles. The van der Waals surface area contributed by atoms with E-state index in [1.165, 1.54) is 12.8 Å². The Balaban J connectivity index is 1.52. The third kappa shape index (κ3) is 3.51. The van der Waals surface area contributed by atoms with Gasteiger partial charge in [-0.3, -0.25) is 9.78 Å². The molecule has 0 radical (unpaired) electrons. The highest BCUT2D eigenvalue weighted by atomic mass is 16.5. The molecule has 1 spiro atoms. The number of ether oxygens (including phenoxy) is 2. The van der Waals surface area contributed by atoms with Crippen molar-refractivity contribution < 1.29 is 14.3 Å². The van der Waals surface area contributed by atoms with Crippen molar-refractivity contribution in [2.45, 2.75) is 44.3 Å². The number of rotatable bonds is 2. The van der Waals surface area contributed by atoms with Gasteiger partial charge >= 0.3 is 0 Å². The van der Waals surface area contributed by atoms with Gasteiger partial charge in [0.1, 0.15) is 5.69 Å². The van der Waals surface area contributed by atoms with Crippen LogP contribution in [0.2, 0.25) is 0 Å². The average Bonchev–Trinajstić information content (AvgIpc) is 3.16. The smallest absolute Gasteiger partial charge is 0.272 e. The summed E-state index contributed by atoms with van der Waals surface area (Å²) in [5.41, 5.74) is 1.40. The number of amides is 1. The molecule has 3 saturated heterocycles. The Bertz CT molecular complexity index is 624. The number of carbonyl (C=O) groups excluding carboxylic acids is 1. The molecule has 0 saturated carbocycles. The molecule has 0 N–H and O–H groups in total. The van der Waals surface area contributed by atoms with Crippen LogP contribution in [0.3, 0.4) is 0 Å². The Labute approximate surface area is 149 Å². The van der Waals surface area contributed by atoms with Gasteiger partial charge in [0.25, 0.3) is 5.91 Å². The van der Waals surface area contributed by atoms with Gasteiger partial charge in [-0.15, -0.1) is 0 Å². The van der Waals surface area contributed by atoms with Crippen LogP contribution in [0.15, 0.2) is 18.3 Å². The molecule has 4 heterocycles. The first-order chi connectivity index (χ1) is 12.2. The second-order valence-corrected chi connectivity index (χ2v) is 7.50. The van der Waals surface area contributed by atoms with Crippen LogP contribution in [0.4, 0.5) is 5.69 Å². The Morgan fingerprint density at radius 1 is 1.28 bits per heavy atom. The molecule has 4 rings (SSSR count). The summed E-state index contributed by atoms with van der Waals surface area (Å²) in [5.74, 6) is 0.0158. The van der Waals surface area contributed by atoms with E-state index in [1.54, 1.807) is 6.20 Å². The molecule has 136 valence electrons. The van der Waals surface area contributed by atoms with Crippen LogP contribution in [0.1, 0.15) is 43.1 Å². The van der Waals surface area contributed by atoms with Crippen molar-refractivity contribution >= 4 is 11.6 Å². The number of hydrogen-bond acceptors (Lipinski definition) is 5. The van der Waals surface area contributed by atoms with E-state index in [-0.39, 0.29) is 17.6 Å². The largest absolute Gasteiger partial charge is 0.381 e. The highest BCUT2D eigenvalue weighted by molar-refractivity contribution is 5.93. The number of pyridine rings is 1. The lowest BCUT2D eigenvalue weighted by Crippen LogP contribution is -2.58. The summed E-state index contributed by atoms with van der Waals surface area (Å²) < 4.78 is 11.7. The summed E-state index contributed by atoms with van der Waals surface area (Å²) in [6.07, 6.45) is 5.94. The highest BCUT2D eigenvalue weighted by Crippen LogP contribution is 2.32. The van der Waals surface area contributed by atoms with Crippen LogP contribution in [0, 0.1) is 0 Å². The summed E-state index contributed by atoms with van der Waals surface area (Å²) in [4.78, 5) is 21.7. The molecule has 1 aromatic rings. The van der Waals surface area contributed by atoms with Crippen LogP contribution in [-0.2, 0) is 9.47 Å². The first-order valence-electron chi connectivity index (χ1n) is 9.41. The zero-order valence-electron chi connectivity index (χ0n) is 14.9. The normalized spacial score (nSPS) is 26.2. The number of aromatic nitrogens is 1. The maximum atomic E-state index is 13.1. The van der Waals surface area contributed by atoms with Crippen LogP contribution in [0.25, 0.3) is 0 Å². The monoisotopic (exact) mass is 345 g/mol. The molecule has 3 aliphatic heterocycles. The summed E-state index contributed by atoms with van der Waals surface area (Å²) in [7, 11) is 0. The van der Waals surface area contributed by atoms with Gasteiger partial charge in [-0.1, -0.05) is 0 Å². The van der Waals surface area contributed by atoms with E-state index in [1.807, 2.05) is 24.0 Å². The molecule has 6 nitrogen and oxygen atoms in total. The fourth-order valence-electron chi connectivity index (χ4n) is 4.27. The molecule has 1 unspecified atom stereocenters. The second kappa shape index (κ2) is 6.92. The van der Waals surface area contributed by atoms with Gasteiger partial charge in [0.2, 0.25) is 0 Å². The Morgan fingerprint density at radius 3 is 2.80 bits per heavy atom. The molecule has 1 atom stereocenters. The minimum absolute atomic E-state index is 0.0158. The van der Waals surface area contributed by atoms with Crippen molar-refractivity contribution in [1.82, 2.24) is 9.88 Å².